The number of hydrogen-bond acceptors (Lipinski definition) is 4. The quantitative estimate of drug-likeness (QED) is 0.763. The summed E-state index contributed by atoms with van der Waals surface area (Å²) in [7, 11) is 0. The molecule has 1 aliphatic rings. The predicted molar refractivity (Wildman–Crippen MR) is 68.0 cm³/mol. The fourth-order valence-corrected chi connectivity index (χ4v) is 2.29. The van der Waals surface area contributed by atoms with E-state index in [1.54, 1.807) is 11.0 Å². The van der Waals surface area contributed by atoms with Gasteiger partial charge in [0.15, 0.2) is 5.65 Å². The molecule has 2 aromatic heterocycles. The zero-order valence-electron chi connectivity index (χ0n) is 10.5. The van der Waals surface area contributed by atoms with Crippen LogP contribution in [0.1, 0.15) is 17.3 Å². The average Bonchev–Trinajstić information content (AvgIpc) is 2.77. The first-order valence-corrected chi connectivity index (χ1v) is 6.13. The highest BCUT2D eigenvalue weighted by molar-refractivity contribution is 6.03. The minimum absolute atomic E-state index is 0.0281. The second-order valence-corrected chi connectivity index (χ2v) is 4.59. The summed E-state index contributed by atoms with van der Waals surface area (Å²) in [5.41, 5.74) is 0.948. The number of morpholine rings is 1. The molecule has 0 unspecified atom stereocenters. The van der Waals surface area contributed by atoms with Gasteiger partial charge in [-0.05, 0) is 13.0 Å². The smallest absolute Gasteiger partial charge is 0.325 e. The zero-order chi connectivity index (χ0) is 13.4. The van der Waals surface area contributed by atoms with Crippen molar-refractivity contribution in [2.45, 2.75) is 13.0 Å². The van der Waals surface area contributed by atoms with Crippen molar-refractivity contribution in [3.05, 3.63) is 28.3 Å². The summed E-state index contributed by atoms with van der Waals surface area (Å²) in [6.07, 6.45) is 1.55. The minimum Gasteiger partial charge on any atom is -0.375 e. The molecule has 1 fully saturated rings. The molecule has 7 nitrogen and oxygen atoms in total. The van der Waals surface area contributed by atoms with Crippen LogP contribution in [0, 0.1) is 0 Å². The van der Waals surface area contributed by atoms with Crippen molar-refractivity contribution in [1.29, 1.82) is 0 Å². The zero-order valence-corrected chi connectivity index (χ0v) is 10.5. The van der Waals surface area contributed by atoms with Crippen molar-refractivity contribution >= 4 is 17.1 Å². The topological polar surface area (TPSA) is 91.1 Å². The van der Waals surface area contributed by atoms with Crippen molar-refractivity contribution < 1.29 is 9.53 Å². The van der Waals surface area contributed by atoms with E-state index in [-0.39, 0.29) is 17.7 Å². The van der Waals surface area contributed by atoms with Crippen LogP contribution in [0.25, 0.3) is 11.2 Å². The molecule has 1 amide bonds. The molecule has 3 rings (SSSR count). The lowest BCUT2D eigenvalue weighted by Crippen LogP contribution is -2.44. The Labute approximate surface area is 108 Å². The largest absolute Gasteiger partial charge is 0.375 e. The van der Waals surface area contributed by atoms with Gasteiger partial charge in [0.05, 0.1) is 23.8 Å². The molecule has 0 radical (unpaired) electrons. The van der Waals surface area contributed by atoms with Crippen molar-refractivity contribution in [1.82, 2.24) is 19.9 Å². The Morgan fingerprint density at radius 1 is 1.53 bits per heavy atom. The van der Waals surface area contributed by atoms with Crippen LogP contribution in [0.4, 0.5) is 0 Å². The van der Waals surface area contributed by atoms with Crippen LogP contribution in [0.3, 0.4) is 0 Å². The van der Waals surface area contributed by atoms with Crippen molar-refractivity contribution in [2.75, 3.05) is 19.7 Å². The molecule has 7 heteroatoms. The third-order valence-corrected chi connectivity index (χ3v) is 3.18. The van der Waals surface area contributed by atoms with E-state index in [2.05, 4.69) is 15.0 Å². The van der Waals surface area contributed by atoms with Gasteiger partial charge in [0.25, 0.3) is 5.91 Å². The Morgan fingerprint density at radius 2 is 2.37 bits per heavy atom. The van der Waals surface area contributed by atoms with Gasteiger partial charge in [-0.1, -0.05) is 0 Å². The number of nitrogens with one attached hydrogen (secondary N) is 2. The van der Waals surface area contributed by atoms with Crippen LogP contribution in [0.5, 0.6) is 0 Å². The van der Waals surface area contributed by atoms with Gasteiger partial charge in [-0.15, -0.1) is 0 Å². The number of hydrogen-bond donors (Lipinski definition) is 2. The van der Waals surface area contributed by atoms with Gasteiger partial charge >= 0.3 is 5.69 Å². The average molecular weight is 262 g/mol. The highest BCUT2D eigenvalue weighted by Crippen LogP contribution is 2.15. The van der Waals surface area contributed by atoms with E-state index in [0.717, 1.165) is 0 Å². The van der Waals surface area contributed by atoms with Gasteiger partial charge < -0.3 is 14.6 Å². The second-order valence-electron chi connectivity index (χ2n) is 4.59. The van der Waals surface area contributed by atoms with Crippen molar-refractivity contribution in [3.8, 4) is 0 Å². The van der Waals surface area contributed by atoms with Crippen LogP contribution in [0.15, 0.2) is 17.1 Å². The van der Waals surface area contributed by atoms with Gasteiger partial charge in [0.1, 0.15) is 0 Å². The Kier molecular flexibility index (Phi) is 2.83. The van der Waals surface area contributed by atoms with Crippen LogP contribution in [0.2, 0.25) is 0 Å². The number of aromatic nitrogens is 3. The number of rotatable bonds is 1. The van der Waals surface area contributed by atoms with Gasteiger partial charge in [0.2, 0.25) is 0 Å². The summed E-state index contributed by atoms with van der Waals surface area (Å²) in [4.78, 5) is 34.7. The van der Waals surface area contributed by atoms with Gasteiger partial charge in [-0.25, -0.2) is 9.78 Å². The summed E-state index contributed by atoms with van der Waals surface area (Å²) >= 11 is 0. The van der Waals surface area contributed by atoms with Crippen molar-refractivity contribution in [3.63, 3.8) is 0 Å². The van der Waals surface area contributed by atoms with E-state index in [1.807, 2.05) is 6.92 Å². The van der Waals surface area contributed by atoms with Crippen LogP contribution in [-0.2, 0) is 4.74 Å². The number of nitrogens with zero attached hydrogens (tertiary/aromatic N) is 2. The summed E-state index contributed by atoms with van der Waals surface area (Å²) in [5, 5.41) is 0. The SMILES string of the molecule is C[C@@H]1CN(C(=O)c2ccnc3[nH]c(=O)[nH]c23)CCO1. The molecule has 2 N–H and O–H groups in total. The Bertz CT molecular complexity index is 675. The molecule has 0 aromatic carbocycles. The van der Waals surface area contributed by atoms with Crippen LogP contribution < -0.4 is 5.69 Å². The van der Waals surface area contributed by atoms with Gasteiger partial charge in [0, 0.05) is 19.3 Å². The molecule has 2 aromatic rings. The van der Waals surface area contributed by atoms with E-state index in [0.29, 0.717) is 36.4 Å². The van der Waals surface area contributed by atoms with E-state index in [9.17, 15) is 9.59 Å². The summed E-state index contributed by atoms with van der Waals surface area (Å²) in [5.74, 6) is -0.113. The van der Waals surface area contributed by atoms with E-state index in [4.69, 9.17) is 4.74 Å². The first-order chi connectivity index (χ1) is 9.15. The molecule has 0 saturated carbocycles. The maximum absolute atomic E-state index is 12.5. The van der Waals surface area contributed by atoms with E-state index >= 15 is 0 Å². The standard InChI is InChI=1S/C12H14N4O3/c1-7-6-16(4-5-19-7)11(17)8-2-3-13-10-9(8)14-12(18)15-10/h2-3,7H,4-6H2,1H3,(H2,13,14,15,18)/t7-/m1/s1. The third-order valence-electron chi connectivity index (χ3n) is 3.18. The molecule has 0 spiro atoms. The number of H-pyrrole nitrogens is 2. The Morgan fingerprint density at radius 3 is 3.16 bits per heavy atom. The molecule has 0 aliphatic carbocycles. The van der Waals surface area contributed by atoms with Crippen LogP contribution >= 0.6 is 0 Å². The highest BCUT2D eigenvalue weighted by Gasteiger charge is 2.24. The molecule has 100 valence electrons. The number of ether oxygens (including phenoxy) is 1. The Hall–Kier alpha value is -2.15. The number of pyridine rings is 1. The number of amides is 1. The second kappa shape index (κ2) is 4.51. The molecule has 1 atom stereocenters. The first-order valence-electron chi connectivity index (χ1n) is 6.13. The molecule has 1 aliphatic heterocycles. The van der Waals surface area contributed by atoms with Crippen LogP contribution in [-0.4, -0.2) is 51.6 Å². The van der Waals surface area contributed by atoms with Gasteiger partial charge in [-0.3, -0.25) is 9.78 Å². The monoisotopic (exact) mass is 262 g/mol. The number of fused-ring (bicyclic) bond motifs is 1. The van der Waals surface area contributed by atoms with E-state index in [1.165, 1.54) is 6.20 Å². The lowest BCUT2D eigenvalue weighted by molar-refractivity contribution is -0.0123. The highest BCUT2D eigenvalue weighted by atomic mass is 16.5. The first kappa shape index (κ1) is 11.9. The molecule has 3 heterocycles. The summed E-state index contributed by atoms with van der Waals surface area (Å²) in [6.45, 7) is 3.57. The predicted octanol–water partition coefficient (Wildman–Crippen LogP) is 0.112. The fourth-order valence-electron chi connectivity index (χ4n) is 2.29. The summed E-state index contributed by atoms with van der Waals surface area (Å²) < 4.78 is 5.42. The number of carbonyl (C=O) groups is 1. The van der Waals surface area contributed by atoms with E-state index < -0.39 is 0 Å². The molecular formula is C12H14N4O3. The fraction of sp³-hybridized carbons (Fsp3) is 0.417. The normalized spacial score (nSPS) is 19.8. The number of imidazole rings is 1. The Balaban J connectivity index is 1.99. The molecule has 19 heavy (non-hydrogen) atoms. The van der Waals surface area contributed by atoms with Gasteiger partial charge in [-0.2, -0.15) is 0 Å². The third kappa shape index (κ3) is 2.12. The maximum atomic E-state index is 12.5. The summed E-state index contributed by atoms with van der Waals surface area (Å²) in [6, 6.07) is 1.62. The molecule has 0 bridgehead atoms. The number of carbonyl (C=O) groups excluding carboxylic acids is 1. The lowest BCUT2D eigenvalue weighted by atomic mass is 10.2. The molecule has 1 saturated heterocycles. The molecular weight excluding hydrogens is 248 g/mol. The number of aromatic amines is 2. The minimum atomic E-state index is -0.363. The van der Waals surface area contributed by atoms with Crippen molar-refractivity contribution in [2.24, 2.45) is 0 Å². The maximum Gasteiger partial charge on any atom is 0.325 e. The lowest BCUT2D eigenvalue weighted by Gasteiger charge is -2.31.